The summed E-state index contributed by atoms with van der Waals surface area (Å²) in [6.07, 6.45) is 1.31. The average Bonchev–Trinajstić information content (AvgIpc) is 2.76. The van der Waals surface area contributed by atoms with Gasteiger partial charge in [0.1, 0.15) is 0 Å². The Morgan fingerprint density at radius 1 is 1.00 bits per heavy atom. The predicted molar refractivity (Wildman–Crippen MR) is 120 cm³/mol. The Hall–Kier alpha value is -2.47. The Bertz CT molecular complexity index is 790. The smallest absolute Gasteiger partial charge is 0.322 e. The molecule has 6 heteroatoms. The Labute approximate surface area is 177 Å². The van der Waals surface area contributed by atoms with Crippen LogP contribution in [0.2, 0.25) is 0 Å². The van der Waals surface area contributed by atoms with Crippen LogP contribution in [-0.4, -0.2) is 52.9 Å². The number of rotatable bonds is 7. The maximum atomic E-state index is 12.7. The van der Waals surface area contributed by atoms with Crippen molar-refractivity contribution in [3.05, 3.63) is 65.7 Å². The van der Waals surface area contributed by atoms with Crippen LogP contribution in [0.3, 0.4) is 0 Å². The minimum absolute atomic E-state index is 0.106. The molecule has 0 aliphatic carbocycles. The number of benzene rings is 2. The topological polar surface area (TPSA) is 52.7 Å². The van der Waals surface area contributed by atoms with Gasteiger partial charge in [-0.25, -0.2) is 4.79 Å². The summed E-state index contributed by atoms with van der Waals surface area (Å²) >= 11 is 1.90. The molecule has 5 nitrogen and oxygen atoms in total. The zero-order chi connectivity index (χ0) is 20.5. The van der Waals surface area contributed by atoms with E-state index in [2.05, 4.69) is 12.2 Å². The zero-order valence-corrected chi connectivity index (χ0v) is 17.8. The minimum Gasteiger partial charge on any atom is -0.341 e. The molecule has 3 amide bonds. The average molecular weight is 412 g/mol. The molecule has 1 fully saturated rings. The molecule has 0 spiro atoms. The Balaban J connectivity index is 1.55. The third kappa shape index (κ3) is 6.53. The molecule has 2 aromatic rings. The van der Waals surface area contributed by atoms with Crippen molar-refractivity contribution in [2.75, 3.05) is 36.5 Å². The number of carbonyl (C=O) groups is 2. The second-order valence-corrected chi connectivity index (χ2v) is 8.43. The highest BCUT2D eigenvalue weighted by Gasteiger charge is 2.17. The van der Waals surface area contributed by atoms with E-state index in [4.69, 9.17) is 0 Å². The summed E-state index contributed by atoms with van der Waals surface area (Å²) in [5.74, 6) is 2.22. The molecule has 1 aliphatic rings. The molecule has 1 N–H and O–H groups in total. The third-order valence-electron chi connectivity index (χ3n) is 4.92. The van der Waals surface area contributed by atoms with E-state index in [9.17, 15) is 9.59 Å². The van der Waals surface area contributed by atoms with E-state index in [0.717, 1.165) is 47.8 Å². The number of hydrogen-bond acceptors (Lipinski definition) is 3. The van der Waals surface area contributed by atoms with Crippen molar-refractivity contribution in [3.8, 4) is 0 Å². The highest BCUT2D eigenvalue weighted by Crippen LogP contribution is 2.15. The number of carbonyl (C=O) groups excluding carboxylic acids is 2. The van der Waals surface area contributed by atoms with E-state index >= 15 is 0 Å². The van der Waals surface area contributed by atoms with Gasteiger partial charge in [-0.3, -0.25) is 4.79 Å². The molecule has 1 heterocycles. The van der Waals surface area contributed by atoms with Crippen LogP contribution >= 0.6 is 11.8 Å². The van der Waals surface area contributed by atoms with Crippen LogP contribution in [0, 0.1) is 0 Å². The van der Waals surface area contributed by atoms with E-state index in [1.165, 1.54) is 0 Å². The Kier molecular flexibility index (Phi) is 7.99. The van der Waals surface area contributed by atoms with Gasteiger partial charge in [0.05, 0.1) is 6.42 Å². The molecule has 0 bridgehead atoms. The lowest BCUT2D eigenvalue weighted by Crippen LogP contribution is -2.38. The number of nitrogens with one attached hydrogen (secondary N) is 1. The second kappa shape index (κ2) is 10.9. The molecule has 0 aromatic heterocycles. The quantitative estimate of drug-likeness (QED) is 0.741. The number of thioether (sulfide) groups is 1. The van der Waals surface area contributed by atoms with Crippen LogP contribution in [0.5, 0.6) is 0 Å². The third-order valence-corrected chi connectivity index (χ3v) is 5.86. The van der Waals surface area contributed by atoms with Crippen LogP contribution in [0.1, 0.15) is 24.5 Å². The van der Waals surface area contributed by atoms with Crippen molar-refractivity contribution in [2.24, 2.45) is 0 Å². The first-order valence-electron chi connectivity index (χ1n) is 10.2. The first kappa shape index (κ1) is 21.2. The summed E-state index contributed by atoms with van der Waals surface area (Å²) in [5.41, 5.74) is 2.83. The molecule has 2 aromatic carbocycles. The van der Waals surface area contributed by atoms with Crippen LogP contribution in [0.25, 0.3) is 0 Å². The maximum absolute atomic E-state index is 12.7. The first-order chi connectivity index (χ1) is 14.2. The lowest BCUT2D eigenvalue weighted by Gasteiger charge is -2.26. The summed E-state index contributed by atoms with van der Waals surface area (Å²) < 4.78 is 0. The molecular weight excluding hydrogens is 382 g/mol. The van der Waals surface area contributed by atoms with E-state index in [0.29, 0.717) is 19.5 Å². The molecule has 0 atom stereocenters. The molecule has 0 radical (unpaired) electrons. The number of anilines is 1. The maximum Gasteiger partial charge on any atom is 0.322 e. The van der Waals surface area contributed by atoms with Gasteiger partial charge in [-0.2, -0.15) is 11.8 Å². The van der Waals surface area contributed by atoms with E-state index < -0.39 is 0 Å². The van der Waals surface area contributed by atoms with Crippen molar-refractivity contribution in [2.45, 2.75) is 26.3 Å². The zero-order valence-electron chi connectivity index (χ0n) is 17.0. The number of urea groups is 1. The fraction of sp³-hybridized carbons (Fsp3) is 0.391. The first-order valence-corrected chi connectivity index (χ1v) is 11.4. The summed E-state index contributed by atoms with van der Waals surface area (Å²) in [6.45, 7) is 5.03. The lowest BCUT2D eigenvalue weighted by atomic mass is 10.1. The van der Waals surface area contributed by atoms with Crippen molar-refractivity contribution in [1.29, 1.82) is 0 Å². The monoisotopic (exact) mass is 411 g/mol. The van der Waals surface area contributed by atoms with Crippen LogP contribution in [-0.2, 0) is 17.8 Å². The molecule has 0 unspecified atom stereocenters. The summed E-state index contributed by atoms with van der Waals surface area (Å²) in [7, 11) is 0. The predicted octanol–water partition coefficient (Wildman–Crippen LogP) is 4.25. The van der Waals surface area contributed by atoms with Gasteiger partial charge < -0.3 is 15.1 Å². The van der Waals surface area contributed by atoms with Gasteiger partial charge in [0.2, 0.25) is 5.91 Å². The van der Waals surface area contributed by atoms with Crippen molar-refractivity contribution >= 4 is 29.4 Å². The van der Waals surface area contributed by atoms with Crippen molar-refractivity contribution in [3.63, 3.8) is 0 Å². The highest BCUT2D eigenvalue weighted by molar-refractivity contribution is 7.99. The van der Waals surface area contributed by atoms with Gasteiger partial charge in [-0.1, -0.05) is 49.4 Å². The summed E-state index contributed by atoms with van der Waals surface area (Å²) in [5, 5.41) is 2.98. The molecule has 29 heavy (non-hydrogen) atoms. The largest absolute Gasteiger partial charge is 0.341 e. The minimum atomic E-state index is -0.106. The van der Waals surface area contributed by atoms with Gasteiger partial charge >= 0.3 is 6.03 Å². The number of nitrogens with zero attached hydrogens (tertiary/aromatic N) is 2. The fourth-order valence-corrected chi connectivity index (χ4v) is 4.24. The molecule has 1 saturated heterocycles. The van der Waals surface area contributed by atoms with E-state index in [-0.39, 0.29) is 11.9 Å². The molecule has 0 saturated carbocycles. The molecule has 1 aliphatic heterocycles. The second-order valence-electron chi connectivity index (χ2n) is 7.20. The van der Waals surface area contributed by atoms with Crippen molar-refractivity contribution < 1.29 is 9.59 Å². The number of hydrogen-bond donors (Lipinski definition) is 1. The van der Waals surface area contributed by atoms with Crippen LogP contribution in [0.15, 0.2) is 54.6 Å². The standard InChI is InChI=1S/C23H29N3O2S/c1-2-12-26(18-20-6-4-3-5-7-20)23(28)24-21-10-8-19(9-11-21)17-22(27)25-13-15-29-16-14-25/h3-11H,2,12-18H2,1H3,(H,24,28). The van der Waals surface area contributed by atoms with Gasteiger partial charge in [-0.05, 0) is 29.7 Å². The van der Waals surface area contributed by atoms with Gasteiger partial charge in [0.25, 0.3) is 0 Å². The Morgan fingerprint density at radius 2 is 1.69 bits per heavy atom. The van der Waals surface area contributed by atoms with Crippen LogP contribution in [0.4, 0.5) is 10.5 Å². The summed E-state index contributed by atoms with van der Waals surface area (Å²) in [4.78, 5) is 28.9. The fourth-order valence-electron chi connectivity index (χ4n) is 3.33. The van der Waals surface area contributed by atoms with Gasteiger partial charge in [0, 0.05) is 43.4 Å². The Morgan fingerprint density at radius 3 is 2.34 bits per heavy atom. The van der Waals surface area contributed by atoms with Crippen LogP contribution < -0.4 is 5.32 Å². The SMILES string of the molecule is CCCN(Cc1ccccc1)C(=O)Nc1ccc(CC(=O)N2CCSCC2)cc1. The van der Waals surface area contributed by atoms with E-state index in [1.54, 1.807) is 0 Å². The van der Waals surface area contributed by atoms with Gasteiger partial charge in [-0.15, -0.1) is 0 Å². The molecule has 154 valence electrons. The van der Waals surface area contributed by atoms with Crippen molar-refractivity contribution in [1.82, 2.24) is 9.80 Å². The van der Waals surface area contributed by atoms with E-state index in [1.807, 2.05) is 76.2 Å². The van der Waals surface area contributed by atoms with Gasteiger partial charge in [0.15, 0.2) is 0 Å². The lowest BCUT2D eigenvalue weighted by molar-refractivity contribution is -0.130. The highest BCUT2D eigenvalue weighted by atomic mass is 32.2. The number of amides is 3. The molecule has 3 rings (SSSR count). The normalized spacial score (nSPS) is 13.8. The summed E-state index contributed by atoms with van der Waals surface area (Å²) in [6, 6.07) is 17.5. The molecular formula is C23H29N3O2S.